The Bertz CT molecular complexity index is 309. The van der Waals surface area contributed by atoms with Crippen molar-refractivity contribution in [3.63, 3.8) is 0 Å². The highest BCUT2D eigenvalue weighted by Crippen LogP contribution is 2.17. The number of carbonyl (C=O) groups is 2. The number of carboxylic acid groups (broad SMARTS) is 1. The van der Waals surface area contributed by atoms with E-state index in [1.165, 1.54) is 0 Å². The van der Waals surface area contributed by atoms with Gasteiger partial charge in [-0.25, -0.2) is 9.59 Å². The summed E-state index contributed by atoms with van der Waals surface area (Å²) in [5.41, 5.74) is 0. The molecule has 19 heavy (non-hydrogen) atoms. The number of rotatable bonds is 5. The molecule has 0 aromatic carbocycles. The minimum absolute atomic E-state index is 0.279. The highest BCUT2D eigenvalue weighted by Gasteiger charge is 2.25. The molecule has 0 radical (unpaired) electrons. The SMILES string of the molecule is CCCC(NC(=O)NC1CCCCCC1O)C(=O)O. The summed E-state index contributed by atoms with van der Waals surface area (Å²) in [6.45, 7) is 1.87. The van der Waals surface area contributed by atoms with E-state index in [9.17, 15) is 14.7 Å². The molecule has 1 rings (SSSR count). The van der Waals surface area contributed by atoms with Crippen LogP contribution in [0.5, 0.6) is 0 Å². The normalized spacial score (nSPS) is 25.2. The molecule has 3 unspecified atom stereocenters. The van der Waals surface area contributed by atoms with E-state index in [0.29, 0.717) is 19.3 Å². The maximum atomic E-state index is 11.8. The summed E-state index contributed by atoms with van der Waals surface area (Å²) in [7, 11) is 0. The zero-order chi connectivity index (χ0) is 14.3. The second-order valence-corrected chi connectivity index (χ2v) is 5.11. The maximum Gasteiger partial charge on any atom is 0.326 e. The first-order chi connectivity index (χ1) is 9.04. The first-order valence-corrected chi connectivity index (χ1v) is 7.02. The number of amides is 2. The van der Waals surface area contributed by atoms with Crippen LogP contribution in [0, 0.1) is 0 Å². The quantitative estimate of drug-likeness (QED) is 0.566. The third kappa shape index (κ3) is 5.46. The van der Waals surface area contributed by atoms with Crippen molar-refractivity contribution in [2.75, 3.05) is 0 Å². The van der Waals surface area contributed by atoms with Gasteiger partial charge in [0, 0.05) is 0 Å². The molecule has 1 saturated carbocycles. The Balaban J connectivity index is 2.46. The Morgan fingerprint density at radius 3 is 2.58 bits per heavy atom. The van der Waals surface area contributed by atoms with Gasteiger partial charge in [0.25, 0.3) is 0 Å². The molecule has 0 saturated heterocycles. The van der Waals surface area contributed by atoms with Crippen molar-refractivity contribution < 1.29 is 19.8 Å². The van der Waals surface area contributed by atoms with Gasteiger partial charge in [0.2, 0.25) is 0 Å². The predicted octanol–water partition coefficient (Wildman–Crippen LogP) is 1.23. The molecule has 3 atom stereocenters. The lowest BCUT2D eigenvalue weighted by molar-refractivity contribution is -0.139. The van der Waals surface area contributed by atoms with Crippen LogP contribution in [-0.2, 0) is 4.79 Å². The molecule has 0 spiro atoms. The number of hydrogen-bond acceptors (Lipinski definition) is 3. The fourth-order valence-electron chi connectivity index (χ4n) is 2.37. The van der Waals surface area contributed by atoms with Crippen molar-refractivity contribution in [3.05, 3.63) is 0 Å². The average Bonchev–Trinajstić information content (AvgIpc) is 2.54. The molecule has 0 heterocycles. The number of aliphatic hydroxyl groups excluding tert-OH is 1. The molecular weight excluding hydrogens is 248 g/mol. The van der Waals surface area contributed by atoms with E-state index in [0.717, 1.165) is 25.7 Å². The summed E-state index contributed by atoms with van der Waals surface area (Å²) >= 11 is 0. The number of carboxylic acids is 1. The summed E-state index contributed by atoms with van der Waals surface area (Å²) in [6, 6.07) is -1.65. The largest absolute Gasteiger partial charge is 0.480 e. The Morgan fingerprint density at radius 1 is 1.26 bits per heavy atom. The molecule has 1 aliphatic carbocycles. The van der Waals surface area contributed by atoms with Gasteiger partial charge in [0.05, 0.1) is 12.1 Å². The Labute approximate surface area is 113 Å². The molecule has 1 aliphatic rings. The standard InChI is InChI=1S/C13H24N2O4/c1-2-6-10(12(17)18)15-13(19)14-9-7-4-3-5-8-11(9)16/h9-11,16H,2-8H2,1H3,(H,17,18)(H2,14,15,19). The van der Waals surface area contributed by atoms with E-state index < -0.39 is 24.1 Å². The van der Waals surface area contributed by atoms with Crippen LogP contribution in [0.3, 0.4) is 0 Å². The lowest BCUT2D eigenvalue weighted by Crippen LogP contribution is -2.51. The topological polar surface area (TPSA) is 98.7 Å². The zero-order valence-electron chi connectivity index (χ0n) is 11.4. The maximum absolute atomic E-state index is 11.8. The molecule has 0 aliphatic heterocycles. The van der Waals surface area contributed by atoms with Gasteiger partial charge < -0.3 is 20.8 Å². The number of hydrogen-bond donors (Lipinski definition) is 4. The van der Waals surface area contributed by atoms with Gasteiger partial charge in [-0.2, -0.15) is 0 Å². The summed E-state index contributed by atoms with van der Waals surface area (Å²) in [5.74, 6) is -1.03. The van der Waals surface area contributed by atoms with Gasteiger partial charge in [-0.05, 0) is 19.3 Å². The van der Waals surface area contributed by atoms with Crippen molar-refractivity contribution in [2.24, 2.45) is 0 Å². The highest BCUT2D eigenvalue weighted by molar-refractivity contribution is 5.82. The van der Waals surface area contributed by atoms with Crippen LogP contribution in [0.15, 0.2) is 0 Å². The predicted molar refractivity (Wildman–Crippen MR) is 70.9 cm³/mol. The summed E-state index contributed by atoms with van der Waals surface area (Å²) in [5, 5.41) is 24.0. The third-order valence-electron chi connectivity index (χ3n) is 3.48. The summed E-state index contributed by atoms with van der Waals surface area (Å²) < 4.78 is 0. The van der Waals surface area contributed by atoms with E-state index in [1.807, 2.05) is 6.92 Å². The Hall–Kier alpha value is -1.30. The molecule has 6 heteroatoms. The van der Waals surface area contributed by atoms with E-state index in [2.05, 4.69) is 10.6 Å². The van der Waals surface area contributed by atoms with Crippen molar-refractivity contribution in [1.29, 1.82) is 0 Å². The number of nitrogens with one attached hydrogen (secondary N) is 2. The second-order valence-electron chi connectivity index (χ2n) is 5.11. The van der Waals surface area contributed by atoms with Crippen LogP contribution in [0.1, 0.15) is 51.9 Å². The molecule has 110 valence electrons. The fraction of sp³-hybridized carbons (Fsp3) is 0.846. The van der Waals surface area contributed by atoms with Crippen molar-refractivity contribution in [2.45, 2.75) is 70.1 Å². The molecule has 0 aromatic heterocycles. The fourth-order valence-corrected chi connectivity index (χ4v) is 2.37. The van der Waals surface area contributed by atoms with Crippen LogP contribution in [0.25, 0.3) is 0 Å². The van der Waals surface area contributed by atoms with Crippen LogP contribution < -0.4 is 10.6 Å². The van der Waals surface area contributed by atoms with E-state index in [4.69, 9.17) is 5.11 Å². The Kier molecular flexibility index (Phi) is 6.62. The van der Waals surface area contributed by atoms with Crippen molar-refractivity contribution in [3.8, 4) is 0 Å². The lowest BCUT2D eigenvalue weighted by atomic mass is 10.1. The molecule has 2 amide bonds. The molecule has 0 bridgehead atoms. The molecule has 0 aromatic rings. The van der Waals surface area contributed by atoms with Crippen LogP contribution in [0.2, 0.25) is 0 Å². The zero-order valence-corrected chi connectivity index (χ0v) is 11.4. The van der Waals surface area contributed by atoms with Gasteiger partial charge >= 0.3 is 12.0 Å². The number of urea groups is 1. The van der Waals surface area contributed by atoms with Gasteiger partial charge in [-0.15, -0.1) is 0 Å². The van der Waals surface area contributed by atoms with Crippen molar-refractivity contribution in [1.82, 2.24) is 10.6 Å². The molecular formula is C13H24N2O4. The number of carbonyl (C=O) groups excluding carboxylic acids is 1. The first-order valence-electron chi connectivity index (χ1n) is 7.02. The minimum atomic E-state index is -1.03. The number of aliphatic carboxylic acids is 1. The smallest absolute Gasteiger partial charge is 0.326 e. The van der Waals surface area contributed by atoms with Gasteiger partial charge in [0.1, 0.15) is 6.04 Å². The van der Waals surface area contributed by atoms with Gasteiger partial charge in [-0.3, -0.25) is 0 Å². The monoisotopic (exact) mass is 272 g/mol. The number of aliphatic hydroxyl groups is 1. The molecule has 4 N–H and O–H groups in total. The van der Waals surface area contributed by atoms with Gasteiger partial charge in [-0.1, -0.05) is 32.6 Å². The summed E-state index contributed by atoms with van der Waals surface area (Å²) in [6.07, 6.45) is 4.96. The first kappa shape index (κ1) is 15.8. The highest BCUT2D eigenvalue weighted by atomic mass is 16.4. The summed E-state index contributed by atoms with van der Waals surface area (Å²) in [4.78, 5) is 22.7. The minimum Gasteiger partial charge on any atom is -0.480 e. The molecule has 6 nitrogen and oxygen atoms in total. The van der Waals surface area contributed by atoms with E-state index >= 15 is 0 Å². The second kappa shape index (κ2) is 7.99. The van der Waals surface area contributed by atoms with E-state index in [-0.39, 0.29) is 6.04 Å². The Morgan fingerprint density at radius 2 is 1.95 bits per heavy atom. The third-order valence-corrected chi connectivity index (χ3v) is 3.48. The van der Waals surface area contributed by atoms with Crippen LogP contribution in [0.4, 0.5) is 4.79 Å². The lowest BCUT2D eigenvalue weighted by Gasteiger charge is -2.23. The van der Waals surface area contributed by atoms with Crippen LogP contribution in [-0.4, -0.2) is 40.4 Å². The average molecular weight is 272 g/mol. The van der Waals surface area contributed by atoms with Crippen molar-refractivity contribution >= 4 is 12.0 Å². The van der Waals surface area contributed by atoms with Gasteiger partial charge in [0.15, 0.2) is 0 Å². The van der Waals surface area contributed by atoms with E-state index in [1.54, 1.807) is 0 Å². The van der Waals surface area contributed by atoms with Crippen LogP contribution >= 0.6 is 0 Å². The molecule has 1 fully saturated rings.